The molecule has 0 aliphatic carbocycles. The van der Waals surface area contributed by atoms with Crippen LogP contribution >= 0.6 is 0 Å². The van der Waals surface area contributed by atoms with Gasteiger partial charge in [-0.1, -0.05) is 0 Å². The van der Waals surface area contributed by atoms with Crippen molar-refractivity contribution in [2.75, 3.05) is 14.2 Å². The highest BCUT2D eigenvalue weighted by Crippen LogP contribution is 2.31. The van der Waals surface area contributed by atoms with Gasteiger partial charge in [0.05, 0.1) is 19.1 Å². The van der Waals surface area contributed by atoms with Gasteiger partial charge in [0.1, 0.15) is 23.0 Å². The number of hydrogen-bond donors (Lipinski definition) is 0. The first-order valence-electron chi connectivity index (χ1n) is 6.40. The molecule has 8 heteroatoms. The number of rotatable bonds is 6. The van der Waals surface area contributed by atoms with Crippen LogP contribution in [0.25, 0.3) is 0 Å². The van der Waals surface area contributed by atoms with Crippen LogP contribution in [0.3, 0.4) is 0 Å². The van der Waals surface area contributed by atoms with E-state index in [0.29, 0.717) is 17.2 Å². The normalized spacial score (nSPS) is 11.3. The summed E-state index contributed by atoms with van der Waals surface area (Å²) in [5.74, 6) is -1.76. The molecule has 0 radical (unpaired) electrons. The zero-order valence-corrected chi connectivity index (χ0v) is 13.1. The molecule has 2 aromatic carbocycles. The van der Waals surface area contributed by atoms with E-state index < -0.39 is 20.5 Å². The molecule has 2 rings (SSSR count). The summed E-state index contributed by atoms with van der Waals surface area (Å²) in [6.45, 7) is 0. The van der Waals surface area contributed by atoms with E-state index in [9.17, 15) is 17.2 Å². The Balaban J connectivity index is 2.25. The molecule has 0 amide bonds. The molecule has 0 unspecified atom stereocenters. The molecule has 23 heavy (non-hydrogen) atoms. The van der Waals surface area contributed by atoms with Gasteiger partial charge in [0.15, 0.2) is 0 Å². The third-order valence-corrected chi connectivity index (χ3v) is 4.35. The average Bonchev–Trinajstić information content (AvgIpc) is 2.54. The predicted octanol–water partition coefficient (Wildman–Crippen LogP) is 3.49. The first-order chi connectivity index (χ1) is 10.9. The molecule has 5 nitrogen and oxygen atoms in total. The molecule has 0 aliphatic rings. The van der Waals surface area contributed by atoms with Crippen LogP contribution in [0.4, 0.5) is 8.78 Å². The molecule has 0 aromatic heterocycles. The third kappa shape index (κ3) is 3.89. The Morgan fingerprint density at radius 1 is 0.826 bits per heavy atom. The minimum atomic E-state index is -4.62. The second-order valence-corrected chi connectivity index (χ2v) is 6.35. The summed E-state index contributed by atoms with van der Waals surface area (Å²) in [5.41, 5.74) is 0. The fraction of sp³-hybridized carbons (Fsp3) is 0.200. The fourth-order valence-corrected chi connectivity index (χ4v) is 2.50. The van der Waals surface area contributed by atoms with Crippen molar-refractivity contribution in [3.05, 3.63) is 42.5 Å². The highest BCUT2D eigenvalue weighted by molar-refractivity contribution is 7.91. The van der Waals surface area contributed by atoms with Crippen molar-refractivity contribution in [2.45, 2.75) is 10.7 Å². The lowest BCUT2D eigenvalue weighted by atomic mass is 10.3. The zero-order chi connectivity index (χ0) is 17.0. The molecule has 0 aliphatic heterocycles. The summed E-state index contributed by atoms with van der Waals surface area (Å²) in [6.07, 6.45) is 0. The number of sulfone groups is 1. The number of methoxy groups -OCH3 is 2. The Bertz CT molecular complexity index is 751. The van der Waals surface area contributed by atoms with Gasteiger partial charge in [0.25, 0.3) is 0 Å². The van der Waals surface area contributed by atoms with Gasteiger partial charge >= 0.3 is 5.76 Å². The second-order valence-electron chi connectivity index (χ2n) is 4.43. The number of halogens is 2. The van der Waals surface area contributed by atoms with E-state index in [4.69, 9.17) is 14.2 Å². The molecule has 124 valence electrons. The maximum absolute atomic E-state index is 12.5. The summed E-state index contributed by atoms with van der Waals surface area (Å²) in [5, 5.41) is 0. The topological polar surface area (TPSA) is 61.8 Å². The predicted molar refractivity (Wildman–Crippen MR) is 79.3 cm³/mol. The minimum absolute atomic E-state index is 0.286. The van der Waals surface area contributed by atoms with Crippen molar-refractivity contribution in [1.29, 1.82) is 0 Å². The summed E-state index contributed by atoms with van der Waals surface area (Å²) in [4.78, 5) is -0.469. The molecule has 0 heterocycles. The Labute approximate surface area is 132 Å². The Morgan fingerprint density at radius 2 is 1.30 bits per heavy atom. The molecular formula is C15H14F2O5S. The molecule has 0 saturated carbocycles. The van der Waals surface area contributed by atoms with E-state index in [1.807, 2.05) is 0 Å². The van der Waals surface area contributed by atoms with Gasteiger partial charge in [-0.3, -0.25) is 0 Å². The largest absolute Gasteiger partial charge is 0.496 e. The van der Waals surface area contributed by atoms with Crippen molar-refractivity contribution >= 4 is 9.84 Å². The van der Waals surface area contributed by atoms with E-state index in [1.165, 1.54) is 26.4 Å². The highest BCUT2D eigenvalue weighted by atomic mass is 32.2. The fourth-order valence-electron chi connectivity index (χ4n) is 1.78. The second kappa shape index (κ2) is 6.82. The number of alkyl halides is 2. The van der Waals surface area contributed by atoms with Gasteiger partial charge in [-0.15, -0.1) is 0 Å². The van der Waals surface area contributed by atoms with Crippen molar-refractivity contribution in [2.24, 2.45) is 0 Å². The van der Waals surface area contributed by atoms with Crippen LogP contribution in [-0.2, 0) is 9.84 Å². The molecule has 0 N–H and O–H groups in total. The van der Waals surface area contributed by atoms with Crippen molar-refractivity contribution < 1.29 is 31.4 Å². The summed E-state index contributed by atoms with van der Waals surface area (Å²) in [7, 11) is -1.64. The smallest absolute Gasteiger partial charge is 0.341 e. The molecular weight excluding hydrogens is 330 g/mol. The van der Waals surface area contributed by atoms with Gasteiger partial charge in [0, 0.05) is 18.2 Å². The molecule has 0 spiro atoms. The number of ether oxygens (including phenoxy) is 3. The van der Waals surface area contributed by atoms with E-state index in [2.05, 4.69) is 0 Å². The Hall–Kier alpha value is -2.35. The first-order valence-corrected chi connectivity index (χ1v) is 7.94. The number of hydrogen-bond acceptors (Lipinski definition) is 5. The quantitative estimate of drug-likeness (QED) is 0.803. The van der Waals surface area contributed by atoms with Crippen LogP contribution in [0.15, 0.2) is 47.4 Å². The Kier molecular flexibility index (Phi) is 5.05. The molecule has 0 saturated heterocycles. The van der Waals surface area contributed by atoms with Crippen LogP contribution < -0.4 is 14.2 Å². The summed E-state index contributed by atoms with van der Waals surface area (Å²) in [6, 6.07) is 9.58. The Morgan fingerprint density at radius 3 is 1.74 bits per heavy atom. The minimum Gasteiger partial charge on any atom is -0.496 e. The molecule has 0 atom stereocenters. The van der Waals surface area contributed by atoms with E-state index in [0.717, 1.165) is 12.1 Å². The van der Waals surface area contributed by atoms with E-state index in [-0.39, 0.29) is 5.75 Å². The third-order valence-electron chi connectivity index (χ3n) is 2.95. The van der Waals surface area contributed by atoms with Crippen LogP contribution in [-0.4, -0.2) is 28.4 Å². The lowest BCUT2D eigenvalue weighted by molar-refractivity contribution is 0.234. The van der Waals surface area contributed by atoms with Gasteiger partial charge in [-0.2, -0.15) is 8.78 Å². The molecule has 0 bridgehead atoms. The van der Waals surface area contributed by atoms with Crippen LogP contribution in [0.1, 0.15) is 0 Å². The molecule has 2 aromatic rings. The maximum atomic E-state index is 12.5. The van der Waals surface area contributed by atoms with Crippen molar-refractivity contribution in [3.63, 3.8) is 0 Å². The maximum Gasteiger partial charge on any atom is 0.341 e. The monoisotopic (exact) mass is 344 g/mol. The molecule has 0 fully saturated rings. The van der Waals surface area contributed by atoms with Gasteiger partial charge < -0.3 is 14.2 Å². The van der Waals surface area contributed by atoms with Gasteiger partial charge in [-0.05, 0) is 24.3 Å². The first kappa shape index (κ1) is 17.0. The zero-order valence-electron chi connectivity index (χ0n) is 12.3. The van der Waals surface area contributed by atoms with E-state index >= 15 is 0 Å². The van der Waals surface area contributed by atoms with Crippen LogP contribution in [0.5, 0.6) is 23.0 Å². The van der Waals surface area contributed by atoms with Crippen molar-refractivity contribution in [1.82, 2.24) is 0 Å². The van der Waals surface area contributed by atoms with Crippen molar-refractivity contribution in [3.8, 4) is 23.0 Å². The lowest BCUT2D eigenvalue weighted by Crippen LogP contribution is -2.11. The number of benzene rings is 2. The summed E-state index contributed by atoms with van der Waals surface area (Å²) < 4.78 is 63.4. The standard InChI is InChI=1S/C15H14F2O5S/c1-20-11-7-12(21-2)9-13(8-11)22-10-3-5-14(6-4-10)23(18,19)15(16)17/h3-9,15H,1-2H3. The lowest BCUT2D eigenvalue weighted by Gasteiger charge is -2.10. The highest BCUT2D eigenvalue weighted by Gasteiger charge is 2.26. The SMILES string of the molecule is COc1cc(OC)cc(Oc2ccc(S(=O)(=O)C(F)F)cc2)c1. The van der Waals surface area contributed by atoms with Gasteiger partial charge in [-0.25, -0.2) is 8.42 Å². The van der Waals surface area contributed by atoms with Crippen LogP contribution in [0, 0.1) is 0 Å². The van der Waals surface area contributed by atoms with Crippen LogP contribution in [0.2, 0.25) is 0 Å². The van der Waals surface area contributed by atoms with E-state index in [1.54, 1.807) is 18.2 Å². The summed E-state index contributed by atoms with van der Waals surface area (Å²) >= 11 is 0. The van der Waals surface area contributed by atoms with Gasteiger partial charge in [0.2, 0.25) is 9.84 Å². The average molecular weight is 344 g/mol.